The van der Waals surface area contributed by atoms with Crippen LogP contribution in [-0.2, 0) is 12.0 Å². The van der Waals surface area contributed by atoms with Gasteiger partial charge in [-0.25, -0.2) is 0 Å². The summed E-state index contributed by atoms with van der Waals surface area (Å²) in [5.74, 6) is 0.0980. The monoisotopic (exact) mass is 383 g/mol. The van der Waals surface area contributed by atoms with Crippen LogP contribution in [0.25, 0.3) is 0 Å². The molecule has 2 aromatic carbocycles. The van der Waals surface area contributed by atoms with Crippen LogP contribution in [0.2, 0.25) is 5.02 Å². The van der Waals surface area contributed by atoms with Crippen LogP contribution in [0.3, 0.4) is 0 Å². The van der Waals surface area contributed by atoms with Gasteiger partial charge in [-0.05, 0) is 48.9 Å². The number of allylic oxidation sites excluding steroid dienone is 1. The summed E-state index contributed by atoms with van der Waals surface area (Å²) in [6.07, 6.45) is 1.57. The third kappa shape index (κ3) is 4.27. The summed E-state index contributed by atoms with van der Waals surface area (Å²) in [7, 11) is 0. The lowest BCUT2D eigenvalue weighted by atomic mass is 9.57. The standard InChI is InChI=1S/C24H27ClFN/c1-18(2)16-27(17-20-7-5-4-6-8-20)19(3)24(13-21(14-24)15-26)22-9-11-23(25)12-10-22/h4-12,21H,1,3,13-17H2,2H3. The zero-order valence-corrected chi connectivity index (χ0v) is 16.7. The molecule has 0 bridgehead atoms. The van der Waals surface area contributed by atoms with Gasteiger partial charge in [0.15, 0.2) is 0 Å². The number of hydrogen-bond donors (Lipinski definition) is 0. The fourth-order valence-corrected chi connectivity index (χ4v) is 4.25. The first-order valence-corrected chi connectivity index (χ1v) is 9.77. The SMILES string of the molecule is C=C(C)CN(Cc1ccccc1)C(=C)C1(c2ccc(Cl)cc2)CC(CF)C1. The van der Waals surface area contributed by atoms with Crippen molar-refractivity contribution < 1.29 is 4.39 Å². The summed E-state index contributed by atoms with van der Waals surface area (Å²) in [6, 6.07) is 18.3. The van der Waals surface area contributed by atoms with Gasteiger partial charge in [0.2, 0.25) is 0 Å². The van der Waals surface area contributed by atoms with Gasteiger partial charge in [0.05, 0.1) is 6.67 Å². The Morgan fingerprint density at radius 3 is 2.30 bits per heavy atom. The molecule has 142 valence electrons. The molecule has 3 heteroatoms. The third-order valence-corrected chi connectivity index (χ3v) is 5.75. The molecule has 0 amide bonds. The van der Waals surface area contributed by atoms with Gasteiger partial charge in [0, 0.05) is 29.2 Å². The number of halogens is 2. The summed E-state index contributed by atoms with van der Waals surface area (Å²) in [6.45, 7) is 11.9. The highest BCUT2D eigenvalue weighted by Crippen LogP contribution is 2.53. The summed E-state index contributed by atoms with van der Waals surface area (Å²) >= 11 is 6.09. The first-order chi connectivity index (χ1) is 12.9. The van der Waals surface area contributed by atoms with Crippen LogP contribution in [0, 0.1) is 5.92 Å². The first-order valence-electron chi connectivity index (χ1n) is 9.39. The topological polar surface area (TPSA) is 3.24 Å². The van der Waals surface area contributed by atoms with Crippen molar-refractivity contribution in [2.24, 2.45) is 5.92 Å². The van der Waals surface area contributed by atoms with Crippen molar-refractivity contribution in [1.82, 2.24) is 4.90 Å². The minimum Gasteiger partial charge on any atom is -0.366 e. The van der Waals surface area contributed by atoms with Crippen LogP contribution in [0.5, 0.6) is 0 Å². The maximum atomic E-state index is 13.3. The molecule has 27 heavy (non-hydrogen) atoms. The van der Waals surface area contributed by atoms with E-state index in [0.29, 0.717) is 5.02 Å². The minimum absolute atomic E-state index is 0.0980. The molecule has 0 aliphatic heterocycles. The van der Waals surface area contributed by atoms with Crippen LogP contribution in [0.15, 0.2) is 79.0 Å². The average Bonchev–Trinajstić information content (AvgIpc) is 2.62. The van der Waals surface area contributed by atoms with E-state index in [4.69, 9.17) is 11.6 Å². The molecule has 3 rings (SSSR count). The fourth-order valence-electron chi connectivity index (χ4n) is 4.12. The normalized spacial score (nSPS) is 21.4. The van der Waals surface area contributed by atoms with E-state index in [2.05, 4.69) is 54.5 Å². The van der Waals surface area contributed by atoms with E-state index >= 15 is 0 Å². The third-order valence-electron chi connectivity index (χ3n) is 5.50. The van der Waals surface area contributed by atoms with Crippen LogP contribution < -0.4 is 0 Å². The number of hydrogen-bond acceptors (Lipinski definition) is 1. The lowest BCUT2D eigenvalue weighted by Gasteiger charge is -2.52. The van der Waals surface area contributed by atoms with Crippen LogP contribution in [0.4, 0.5) is 4.39 Å². The molecule has 2 aromatic rings. The van der Waals surface area contributed by atoms with Crippen LogP contribution in [0.1, 0.15) is 30.9 Å². The Morgan fingerprint density at radius 2 is 1.74 bits per heavy atom. The molecule has 0 aromatic heterocycles. The molecule has 0 atom stereocenters. The number of rotatable bonds is 8. The smallest absolute Gasteiger partial charge is 0.0923 e. The molecule has 0 heterocycles. The molecular weight excluding hydrogens is 357 g/mol. The average molecular weight is 384 g/mol. The van der Waals surface area contributed by atoms with Crippen LogP contribution in [-0.4, -0.2) is 18.1 Å². The zero-order valence-electron chi connectivity index (χ0n) is 15.9. The van der Waals surface area contributed by atoms with Crippen molar-refractivity contribution in [3.05, 3.63) is 95.2 Å². The fraction of sp³-hybridized carbons (Fsp3) is 0.333. The second-order valence-electron chi connectivity index (χ2n) is 7.76. The summed E-state index contributed by atoms with van der Waals surface area (Å²) in [4.78, 5) is 2.29. The molecule has 1 fully saturated rings. The van der Waals surface area contributed by atoms with Crippen molar-refractivity contribution in [1.29, 1.82) is 0 Å². The van der Waals surface area contributed by atoms with E-state index in [1.165, 1.54) is 11.1 Å². The Bertz CT molecular complexity index is 791. The molecule has 1 saturated carbocycles. The van der Waals surface area contributed by atoms with E-state index in [-0.39, 0.29) is 18.0 Å². The molecule has 0 spiro atoms. The second kappa shape index (κ2) is 8.31. The highest BCUT2D eigenvalue weighted by atomic mass is 35.5. The van der Waals surface area contributed by atoms with Gasteiger partial charge in [0.1, 0.15) is 0 Å². The Kier molecular flexibility index (Phi) is 6.06. The summed E-state index contributed by atoms with van der Waals surface area (Å²) in [5, 5.41) is 0.712. The molecule has 1 aliphatic carbocycles. The number of benzene rings is 2. The predicted octanol–water partition coefficient (Wildman–Crippen LogP) is 6.55. The highest BCUT2D eigenvalue weighted by molar-refractivity contribution is 6.30. The Labute approximate surface area is 167 Å². The van der Waals surface area contributed by atoms with Gasteiger partial charge < -0.3 is 4.90 Å². The summed E-state index contributed by atoms with van der Waals surface area (Å²) < 4.78 is 13.3. The van der Waals surface area contributed by atoms with E-state index < -0.39 is 0 Å². The minimum atomic E-state index is -0.276. The summed E-state index contributed by atoms with van der Waals surface area (Å²) in [5.41, 5.74) is 4.29. The maximum Gasteiger partial charge on any atom is 0.0923 e. The van der Waals surface area contributed by atoms with Crippen molar-refractivity contribution in [3.8, 4) is 0 Å². The Balaban J connectivity index is 1.92. The molecule has 0 N–H and O–H groups in total. The van der Waals surface area contributed by atoms with Gasteiger partial charge >= 0.3 is 0 Å². The largest absolute Gasteiger partial charge is 0.366 e. The molecule has 0 unspecified atom stereocenters. The highest BCUT2D eigenvalue weighted by Gasteiger charge is 2.49. The maximum absolute atomic E-state index is 13.3. The zero-order chi connectivity index (χ0) is 19.4. The van der Waals surface area contributed by atoms with Gasteiger partial charge in [-0.3, -0.25) is 4.39 Å². The molecule has 0 saturated heterocycles. The van der Waals surface area contributed by atoms with E-state index in [1.54, 1.807) is 0 Å². The number of alkyl halides is 1. The Hall–Kier alpha value is -2.06. The van der Waals surface area contributed by atoms with E-state index in [0.717, 1.165) is 37.2 Å². The van der Waals surface area contributed by atoms with Crippen molar-refractivity contribution in [2.75, 3.05) is 13.2 Å². The quantitative estimate of drug-likeness (QED) is 0.467. The lowest BCUT2D eigenvalue weighted by molar-refractivity contribution is 0.111. The lowest BCUT2D eigenvalue weighted by Crippen LogP contribution is -2.48. The van der Waals surface area contributed by atoms with Gasteiger partial charge in [0.25, 0.3) is 0 Å². The van der Waals surface area contributed by atoms with Crippen molar-refractivity contribution in [3.63, 3.8) is 0 Å². The van der Waals surface area contributed by atoms with Crippen molar-refractivity contribution >= 4 is 11.6 Å². The molecule has 0 radical (unpaired) electrons. The molecule has 1 nitrogen and oxygen atoms in total. The van der Waals surface area contributed by atoms with Gasteiger partial charge in [-0.2, -0.15) is 0 Å². The van der Waals surface area contributed by atoms with Crippen molar-refractivity contribution in [2.45, 2.75) is 31.7 Å². The second-order valence-corrected chi connectivity index (χ2v) is 8.20. The number of nitrogens with zero attached hydrogens (tertiary/aromatic N) is 1. The van der Waals surface area contributed by atoms with Crippen LogP contribution >= 0.6 is 11.6 Å². The van der Waals surface area contributed by atoms with Gasteiger partial charge in [-0.1, -0.05) is 72.8 Å². The molecular formula is C24H27ClFN. The first kappa shape index (κ1) is 19.7. The predicted molar refractivity (Wildman–Crippen MR) is 113 cm³/mol. The van der Waals surface area contributed by atoms with E-state index in [1.807, 2.05) is 25.1 Å². The van der Waals surface area contributed by atoms with Gasteiger partial charge in [-0.15, -0.1) is 0 Å². The van der Waals surface area contributed by atoms with E-state index in [9.17, 15) is 4.39 Å². The molecule has 1 aliphatic rings. The Morgan fingerprint density at radius 1 is 1.11 bits per heavy atom.